The number of nitrogens with zero attached hydrogens (tertiary/aromatic N) is 3. The lowest BCUT2D eigenvalue weighted by Gasteiger charge is -2.17. The Labute approximate surface area is 213 Å². The summed E-state index contributed by atoms with van der Waals surface area (Å²) in [7, 11) is 0. The smallest absolute Gasteiger partial charge is 0.222 e. The first-order valence-electron chi connectivity index (χ1n) is 12.7. The van der Waals surface area contributed by atoms with Gasteiger partial charge >= 0.3 is 0 Å². The minimum atomic E-state index is -0.226. The summed E-state index contributed by atoms with van der Waals surface area (Å²) < 4.78 is 5.76. The van der Waals surface area contributed by atoms with Gasteiger partial charge in [0, 0.05) is 18.8 Å². The van der Waals surface area contributed by atoms with Crippen molar-refractivity contribution >= 4 is 23.2 Å². The number of ether oxygens (including phenoxy) is 1. The molecule has 2 saturated heterocycles. The van der Waals surface area contributed by atoms with Gasteiger partial charge in [-0.2, -0.15) is 5.26 Å². The highest BCUT2D eigenvalue weighted by molar-refractivity contribution is 6.32. The van der Waals surface area contributed by atoms with Crippen molar-refractivity contribution in [3.05, 3.63) is 58.6 Å². The van der Waals surface area contributed by atoms with Crippen molar-refractivity contribution in [1.82, 2.24) is 4.90 Å². The van der Waals surface area contributed by atoms with E-state index in [1.807, 2.05) is 18.2 Å². The van der Waals surface area contributed by atoms with E-state index in [0.717, 1.165) is 35.8 Å². The quantitative estimate of drug-likeness (QED) is 0.571. The fourth-order valence-electron chi connectivity index (χ4n) is 4.65. The molecule has 1 amide bonds. The molecule has 1 atom stereocenters. The number of hydrogen-bond donors (Lipinski definition) is 1. The van der Waals surface area contributed by atoms with Crippen molar-refractivity contribution in [2.45, 2.75) is 51.0 Å². The van der Waals surface area contributed by atoms with Crippen LogP contribution in [-0.2, 0) is 11.2 Å². The number of carbonyl (C=O) groups excluding carboxylic acids is 1. The molecule has 2 aromatic carbocycles. The maximum Gasteiger partial charge on any atom is 0.222 e. The lowest BCUT2D eigenvalue weighted by molar-refractivity contribution is -0.121. The molecule has 2 heterocycles. The van der Waals surface area contributed by atoms with E-state index in [9.17, 15) is 4.79 Å². The van der Waals surface area contributed by atoms with Crippen LogP contribution in [0.5, 0.6) is 5.75 Å². The average molecular weight is 495 g/mol. The van der Waals surface area contributed by atoms with Gasteiger partial charge in [-0.15, -0.1) is 0 Å². The third kappa shape index (κ3) is 7.62. The average Bonchev–Trinajstić information content (AvgIpc) is 3.31. The van der Waals surface area contributed by atoms with E-state index in [4.69, 9.17) is 27.3 Å². The van der Waals surface area contributed by atoms with Crippen LogP contribution < -0.4 is 15.4 Å². The summed E-state index contributed by atoms with van der Waals surface area (Å²) in [4.78, 5) is 15.7. The Hall–Kier alpha value is -2.75. The molecule has 1 saturated carbocycles. The Balaban J connectivity index is 0.000000168. The maximum absolute atomic E-state index is 11.0. The van der Waals surface area contributed by atoms with Crippen molar-refractivity contribution < 1.29 is 9.53 Å². The number of primary amides is 1. The number of benzene rings is 2. The Morgan fingerprint density at radius 2 is 1.83 bits per heavy atom. The summed E-state index contributed by atoms with van der Waals surface area (Å²) in [5, 5.41) is 9.45. The van der Waals surface area contributed by atoms with E-state index in [1.165, 1.54) is 57.3 Å². The monoisotopic (exact) mass is 494 g/mol. The lowest BCUT2D eigenvalue weighted by Crippen LogP contribution is -2.27. The summed E-state index contributed by atoms with van der Waals surface area (Å²) in [6.45, 7) is 5.32. The highest BCUT2D eigenvalue weighted by atomic mass is 35.5. The van der Waals surface area contributed by atoms with Crippen LogP contribution in [-0.4, -0.2) is 49.6 Å². The van der Waals surface area contributed by atoms with Gasteiger partial charge in [-0.05, 0) is 107 Å². The number of amides is 1. The van der Waals surface area contributed by atoms with Crippen molar-refractivity contribution in [1.29, 1.82) is 5.26 Å². The Kier molecular flexibility index (Phi) is 8.90. The number of carbonyl (C=O) groups is 1. The molecule has 2 aromatic rings. The zero-order chi connectivity index (χ0) is 24.6. The summed E-state index contributed by atoms with van der Waals surface area (Å²) >= 11 is 6.27. The molecule has 0 bridgehead atoms. The summed E-state index contributed by atoms with van der Waals surface area (Å²) in [6, 6.07) is 15.7. The zero-order valence-corrected chi connectivity index (χ0v) is 21.1. The fraction of sp³-hybridized carbons (Fsp3) is 0.500. The molecule has 2 aliphatic heterocycles. The number of nitriles is 1. The number of hydrogen-bond acceptors (Lipinski definition) is 5. The van der Waals surface area contributed by atoms with Crippen LogP contribution in [0.1, 0.15) is 49.7 Å². The normalized spacial score (nSPS) is 19.7. The van der Waals surface area contributed by atoms with Gasteiger partial charge in [-0.3, -0.25) is 4.79 Å². The standard InChI is InChI=1S/C16H22ClNO.C12H13N3O/c17-15-12-13(4-3-11-18-9-1-2-10-18)5-8-16(15)19-14-6-7-14;13-7-9-1-3-11(4-2-9)15-6-5-10(8-15)12(14)16/h5,8,12,14H,1-4,6-7,9-11H2;1-4,10H,5-6,8H2,(H2,14,16). The third-order valence-corrected chi connectivity index (χ3v) is 7.20. The predicted molar refractivity (Wildman–Crippen MR) is 140 cm³/mol. The molecule has 0 radical (unpaired) electrons. The van der Waals surface area contributed by atoms with Crippen LogP contribution in [0, 0.1) is 17.2 Å². The Morgan fingerprint density at radius 1 is 1.09 bits per heavy atom. The number of anilines is 1. The minimum absolute atomic E-state index is 0.0457. The molecule has 0 spiro atoms. The van der Waals surface area contributed by atoms with Gasteiger partial charge < -0.3 is 20.3 Å². The largest absolute Gasteiger partial charge is 0.489 e. The first kappa shape index (κ1) is 25.3. The maximum atomic E-state index is 11.0. The van der Waals surface area contributed by atoms with E-state index in [2.05, 4.69) is 28.0 Å². The van der Waals surface area contributed by atoms with Crippen molar-refractivity contribution in [2.24, 2.45) is 11.7 Å². The summed E-state index contributed by atoms with van der Waals surface area (Å²) in [5.74, 6) is 0.583. The molecule has 2 N–H and O–H groups in total. The number of aryl methyl sites for hydroxylation is 1. The van der Waals surface area contributed by atoms with Gasteiger partial charge in [0.25, 0.3) is 0 Å². The molecule has 3 aliphatic rings. The number of likely N-dealkylation sites (tertiary alicyclic amines) is 1. The van der Waals surface area contributed by atoms with Gasteiger partial charge in [0.2, 0.25) is 5.91 Å². The van der Waals surface area contributed by atoms with Gasteiger partial charge in [-0.25, -0.2) is 0 Å². The molecule has 186 valence electrons. The van der Waals surface area contributed by atoms with Crippen LogP contribution in [0.4, 0.5) is 5.69 Å². The molecular formula is C28H35ClN4O2. The highest BCUT2D eigenvalue weighted by Crippen LogP contribution is 2.32. The van der Waals surface area contributed by atoms with Crippen molar-refractivity contribution in [3.8, 4) is 11.8 Å². The van der Waals surface area contributed by atoms with Crippen LogP contribution in [0.2, 0.25) is 5.02 Å². The first-order valence-corrected chi connectivity index (χ1v) is 13.1. The molecule has 35 heavy (non-hydrogen) atoms. The lowest BCUT2D eigenvalue weighted by atomic mass is 10.1. The number of nitrogens with two attached hydrogens (primary N) is 1. The molecule has 1 aliphatic carbocycles. The predicted octanol–water partition coefficient (Wildman–Crippen LogP) is 4.78. The van der Waals surface area contributed by atoms with Crippen molar-refractivity contribution in [3.63, 3.8) is 0 Å². The van der Waals surface area contributed by atoms with Crippen LogP contribution >= 0.6 is 11.6 Å². The van der Waals surface area contributed by atoms with Gasteiger partial charge in [0.1, 0.15) is 5.75 Å². The number of rotatable bonds is 8. The van der Waals surface area contributed by atoms with Gasteiger partial charge in [0.05, 0.1) is 28.7 Å². The molecular weight excluding hydrogens is 460 g/mol. The molecule has 0 aromatic heterocycles. The van der Waals surface area contributed by atoms with Gasteiger partial charge in [0.15, 0.2) is 0 Å². The van der Waals surface area contributed by atoms with E-state index in [-0.39, 0.29) is 11.8 Å². The van der Waals surface area contributed by atoms with Gasteiger partial charge in [-0.1, -0.05) is 17.7 Å². The minimum Gasteiger partial charge on any atom is -0.489 e. The summed E-state index contributed by atoms with van der Waals surface area (Å²) in [5.41, 5.74) is 8.29. The number of halogens is 1. The van der Waals surface area contributed by atoms with Crippen LogP contribution in [0.15, 0.2) is 42.5 Å². The fourth-order valence-corrected chi connectivity index (χ4v) is 4.90. The van der Waals surface area contributed by atoms with E-state index < -0.39 is 0 Å². The highest BCUT2D eigenvalue weighted by Gasteiger charge is 2.26. The van der Waals surface area contributed by atoms with E-state index in [1.54, 1.807) is 12.1 Å². The summed E-state index contributed by atoms with van der Waals surface area (Å²) in [6.07, 6.45) is 8.66. The SMILES string of the molecule is Clc1cc(CCCN2CCCC2)ccc1OC1CC1.N#Cc1ccc(N2CCC(C(N)=O)C2)cc1. The Morgan fingerprint density at radius 3 is 2.43 bits per heavy atom. The van der Waals surface area contributed by atoms with Crippen molar-refractivity contribution in [2.75, 3.05) is 37.6 Å². The molecule has 7 heteroatoms. The molecule has 5 rings (SSSR count). The second-order valence-corrected chi connectivity index (χ2v) is 10.1. The van der Waals surface area contributed by atoms with Crippen LogP contribution in [0.25, 0.3) is 0 Å². The zero-order valence-electron chi connectivity index (χ0n) is 20.3. The molecule has 6 nitrogen and oxygen atoms in total. The molecule has 1 unspecified atom stereocenters. The third-order valence-electron chi connectivity index (χ3n) is 6.90. The van der Waals surface area contributed by atoms with E-state index in [0.29, 0.717) is 18.2 Å². The first-order chi connectivity index (χ1) is 17.0. The second kappa shape index (κ2) is 12.3. The Bertz CT molecular complexity index is 1030. The second-order valence-electron chi connectivity index (χ2n) is 9.73. The van der Waals surface area contributed by atoms with E-state index >= 15 is 0 Å². The molecule has 3 fully saturated rings. The topological polar surface area (TPSA) is 82.6 Å². The van der Waals surface area contributed by atoms with Crippen LogP contribution in [0.3, 0.4) is 0 Å².